The van der Waals surface area contributed by atoms with Gasteiger partial charge in [0.05, 0.1) is 23.0 Å². The molecule has 0 spiro atoms. The normalized spacial score (nSPS) is 14.6. The number of hydrazine groups is 1. The minimum absolute atomic E-state index is 0.000306. The minimum atomic E-state index is -0.520. The summed E-state index contributed by atoms with van der Waals surface area (Å²) in [7, 11) is 1.28. The molecule has 0 unspecified atom stereocenters. The number of carbonyl (C=O) groups is 3. The summed E-state index contributed by atoms with van der Waals surface area (Å²) < 4.78 is 16.4. The van der Waals surface area contributed by atoms with Crippen LogP contribution in [0.25, 0.3) is 6.08 Å². The number of hydrogen-bond donors (Lipinski definition) is 1. The van der Waals surface area contributed by atoms with Gasteiger partial charge in [-0.15, -0.1) is 0 Å². The minimum Gasteiger partial charge on any atom is -0.490 e. The van der Waals surface area contributed by atoms with E-state index in [9.17, 15) is 14.4 Å². The molecule has 156 valence electrons. The molecule has 1 N–H and O–H groups in total. The molecule has 0 aromatic heterocycles. The fourth-order valence-electron chi connectivity index (χ4n) is 2.75. The second-order valence-corrected chi connectivity index (χ2v) is 7.27. The summed E-state index contributed by atoms with van der Waals surface area (Å²) in [5, 5.41) is 1.20. The Kier molecular flexibility index (Phi) is 6.93. The van der Waals surface area contributed by atoms with Crippen molar-refractivity contribution in [2.24, 2.45) is 0 Å². The van der Waals surface area contributed by atoms with Gasteiger partial charge in [-0.1, -0.05) is 18.2 Å². The van der Waals surface area contributed by atoms with Gasteiger partial charge in [0.15, 0.2) is 18.1 Å². The van der Waals surface area contributed by atoms with Crippen LogP contribution in [0.1, 0.15) is 12.5 Å². The smallest absolute Gasteiger partial charge is 0.343 e. The Balaban J connectivity index is 1.91. The average molecular weight is 522 g/mol. The quantitative estimate of drug-likeness (QED) is 0.260. The number of anilines is 1. The molecule has 0 aliphatic carbocycles. The van der Waals surface area contributed by atoms with Crippen LogP contribution < -0.4 is 19.9 Å². The van der Waals surface area contributed by atoms with Gasteiger partial charge >= 0.3 is 5.97 Å². The molecule has 0 bridgehead atoms. The zero-order valence-electron chi connectivity index (χ0n) is 16.3. The number of esters is 1. The summed E-state index contributed by atoms with van der Waals surface area (Å²) in [4.78, 5) is 36.5. The molecular weight excluding hydrogens is 503 g/mol. The summed E-state index contributed by atoms with van der Waals surface area (Å²) in [5.74, 6) is -0.689. The predicted octanol–water partition coefficient (Wildman–Crippen LogP) is 2.70. The number of ether oxygens (including phenoxy) is 3. The van der Waals surface area contributed by atoms with E-state index in [2.05, 4.69) is 10.2 Å². The lowest BCUT2D eigenvalue weighted by Crippen LogP contribution is -2.35. The maximum Gasteiger partial charge on any atom is 0.343 e. The van der Waals surface area contributed by atoms with Crippen molar-refractivity contribution in [3.05, 3.63) is 57.2 Å². The Labute approximate surface area is 186 Å². The van der Waals surface area contributed by atoms with E-state index in [0.717, 1.165) is 0 Å². The topological polar surface area (TPSA) is 94.2 Å². The number of nitrogens with one attached hydrogen (secondary N) is 1. The van der Waals surface area contributed by atoms with Crippen LogP contribution in [0.4, 0.5) is 5.69 Å². The van der Waals surface area contributed by atoms with Crippen LogP contribution in [0, 0.1) is 3.57 Å². The first-order valence-corrected chi connectivity index (χ1v) is 10.1. The number of amides is 2. The number of hydrogen-bond acceptors (Lipinski definition) is 6. The van der Waals surface area contributed by atoms with Crippen LogP contribution in [0.2, 0.25) is 0 Å². The maximum absolute atomic E-state index is 12.8. The number of halogens is 1. The van der Waals surface area contributed by atoms with Crippen molar-refractivity contribution >= 4 is 52.1 Å². The second-order valence-electron chi connectivity index (χ2n) is 6.10. The first-order chi connectivity index (χ1) is 14.4. The molecule has 0 atom stereocenters. The second kappa shape index (κ2) is 9.61. The van der Waals surface area contributed by atoms with Crippen LogP contribution in [-0.2, 0) is 19.1 Å². The molecule has 8 nitrogen and oxygen atoms in total. The summed E-state index contributed by atoms with van der Waals surface area (Å²) in [6, 6.07) is 12.2. The molecule has 2 amide bonds. The van der Waals surface area contributed by atoms with Crippen LogP contribution >= 0.6 is 22.6 Å². The summed E-state index contributed by atoms with van der Waals surface area (Å²) in [6.45, 7) is 1.92. The number of carbonyl (C=O) groups excluding carboxylic acids is 3. The van der Waals surface area contributed by atoms with Crippen molar-refractivity contribution < 1.29 is 28.6 Å². The van der Waals surface area contributed by atoms with Gasteiger partial charge in [-0.05, 0) is 65.4 Å². The van der Waals surface area contributed by atoms with Crippen LogP contribution in [0.5, 0.6) is 11.5 Å². The zero-order valence-corrected chi connectivity index (χ0v) is 18.5. The lowest BCUT2D eigenvalue weighted by Gasteiger charge is -2.14. The molecule has 30 heavy (non-hydrogen) atoms. The highest BCUT2D eigenvalue weighted by atomic mass is 127. The maximum atomic E-state index is 12.8. The molecule has 1 heterocycles. The van der Waals surface area contributed by atoms with E-state index in [4.69, 9.17) is 9.47 Å². The van der Waals surface area contributed by atoms with Gasteiger partial charge in [0.25, 0.3) is 11.8 Å². The molecule has 1 fully saturated rings. The predicted molar refractivity (Wildman–Crippen MR) is 118 cm³/mol. The number of benzene rings is 2. The third-order valence-corrected chi connectivity index (χ3v) is 4.91. The fourth-order valence-corrected chi connectivity index (χ4v) is 3.53. The Morgan fingerprint density at radius 2 is 1.90 bits per heavy atom. The molecule has 1 saturated heterocycles. The van der Waals surface area contributed by atoms with Gasteiger partial charge in [0.2, 0.25) is 0 Å². The van der Waals surface area contributed by atoms with Gasteiger partial charge in [-0.3, -0.25) is 15.0 Å². The van der Waals surface area contributed by atoms with Crippen molar-refractivity contribution in [3.8, 4) is 11.5 Å². The summed E-state index contributed by atoms with van der Waals surface area (Å²) >= 11 is 2.04. The average Bonchev–Trinajstić information content (AvgIpc) is 3.02. The van der Waals surface area contributed by atoms with Gasteiger partial charge in [0, 0.05) is 0 Å². The largest absolute Gasteiger partial charge is 0.490 e. The highest BCUT2D eigenvalue weighted by molar-refractivity contribution is 14.1. The molecule has 9 heteroatoms. The number of para-hydroxylation sites is 1. The van der Waals surface area contributed by atoms with Crippen molar-refractivity contribution in [2.75, 3.05) is 25.3 Å². The van der Waals surface area contributed by atoms with E-state index < -0.39 is 17.8 Å². The molecule has 2 aromatic carbocycles. The number of methoxy groups -OCH3 is 1. The third-order valence-electron chi connectivity index (χ3n) is 4.11. The van der Waals surface area contributed by atoms with E-state index in [1.807, 2.05) is 35.6 Å². The molecule has 1 aliphatic heterocycles. The zero-order chi connectivity index (χ0) is 21.7. The van der Waals surface area contributed by atoms with Gasteiger partial charge in [-0.2, -0.15) is 0 Å². The summed E-state index contributed by atoms with van der Waals surface area (Å²) in [5.41, 5.74) is 3.71. The van der Waals surface area contributed by atoms with E-state index >= 15 is 0 Å². The SMILES string of the molecule is CCOc1cc(/C=C2/C(=O)NN(c3ccccc3)C2=O)cc(I)c1OCC(=O)OC. The molecular formula is C21H19IN2O6. The molecule has 0 saturated carbocycles. The highest BCUT2D eigenvalue weighted by Gasteiger charge is 2.34. The van der Waals surface area contributed by atoms with Crippen LogP contribution in [-0.4, -0.2) is 38.1 Å². The number of nitrogens with zero attached hydrogens (tertiary/aromatic N) is 1. The van der Waals surface area contributed by atoms with Crippen molar-refractivity contribution in [2.45, 2.75) is 6.92 Å². The number of rotatable bonds is 7. The third kappa shape index (κ3) is 4.73. The van der Waals surface area contributed by atoms with Gasteiger partial charge in [-0.25, -0.2) is 9.80 Å². The van der Waals surface area contributed by atoms with Crippen molar-refractivity contribution in [1.82, 2.24) is 5.43 Å². The summed E-state index contributed by atoms with van der Waals surface area (Å²) in [6.07, 6.45) is 1.50. The Morgan fingerprint density at radius 1 is 1.17 bits per heavy atom. The van der Waals surface area contributed by atoms with Gasteiger partial charge in [0.1, 0.15) is 5.57 Å². The van der Waals surface area contributed by atoms with E-state index in [0.29, 0.717) is 32.9 Å². The lowest BCUT2D eigenvalue weighted by atomic mass is 10.1. The van der Waals surface area contributed by atoms with E-state index in [-0.39, 0.29) is 12.2 Å². The van der Waals surface area contributed by atoms with E-state index in [1.54, 1.807) is 36.4 Å². The van der Waals surface area contributed by atoms with Gasteiger partial charge < -0.3 is 14.2 Å². The highest BCUT2D eigenvalue weighted by Crippen LogP contribution is 2.35. The van der Waals surface area contributed by atoms with Crippen molar-refractivity contribution in [3.63, 3.8) is 0 Å². The first-order valence-electron chi connectivity index (χ1n) is 9.02. The molecule has 2 aromatic rings. The van der Waals surface area contributed by atoms with Crippen molar-refractivity contribution in [1.29, 1.82) is 0 Å². The monoisotopic (exact) mass is 522 g/mol. The van der Waals surface area contributed by atoms with E-state index in [1.165, 1.54) is 18.2 Å². The Hall–Kier alpha value is -3.08. The fraction of sp³-hybridized carbons (Fsp3) is 0.190. The lowest BCUT2D eigenvalue weighted by molar-refractivity contribution is -0.143. The Bertz CT molecular complexity index is 1010. The Morgan fingerprint density at radius 3 is 2.57 bits per heavy atom. The molecule has 0 radical (unpaired) electrons. The molecule has 1 aliphatic rings. The van der Waals surface area contributed by atoms with Crippen LogP contribution in [0.3, 0.4) is 0 Å². The standard InChI is InChI=1S/C21H19IN2O6/c1-3-29-17-11-13(10-16(22)19(17)30-12-18(25)28-2)9-15-20(26)23-24(21(15)27)14-7-5-4-6-8-14/h4-11H,3,12H2,1-2H3,(H,23,26)/b15-9-. The van der Waals surface area contributed by atoms with Crippen LogP contribution in [0.15, 0.2) is 48.0 Å². The first kappa shape index (κ1) is 21.6. The molecule has 3 rings (SSSR count).